The van der Waals surface area contributed by atoms with Crippen LogP contribution in [0.1, 0.15) is 22.5 Å². The third-order valence-electron chi connectivity index (χ3n) is 2.96. The molecular formula is C13H12ClFN4OS. The fraction of sp³-hybridized carbons (Fsp3) is 0.231. The van der Waals surface area contributed by atoms with E-state index in [4.69, 9.17) is 17.3 Å². The van der Waals surface area contributed by atoms with Crippen molar-refractivity contribution in [3.8, 4) is 0 Å². The average Bonchev–Trinajstić information content (AvgIpc) is 3.17. The molecule has 0 atom stereocenters. The number of carbonyl (C=O) groups excluding carboxylic acids is 1. The fourth-order valence-electron chi connectivity index (χ4n) is 1.74. The molecule has 8 heteroatoms. The van der Waals surface area contributed by atoms with Crippen molar-refractivity contribution in [3.63, 3.8) is 0 Å². The maximum Gasteiger partial charge on any atom is 0.269 e. The van der Waals surface area contributed by atoms with Crippen molar-refractivity contribution >= 4 is 45.5 Å². The predicted molar refractivity (Wildman–Crippen MR) is 82.5 cm³/mol. The molecule has 0 radical (unpaired) electrons. The summed E-state index contributed by atoms with van der Waals surface area (Å²) in [6.07, 6.45) is 2.18. The number of amides is 1. The first-order chi connectivity index (χ1) is 10.0. The van der Waals surface area contributed by atoms with Gasteiger partial charge in [-0.25, -0.2) is 9.37 Å². The van der Waals surface area contributed by atoms with Crippen LogP contribution in [-0.2, 0) is 0 Å². The molecule has 110 valence electrons. The summed E-state index contributed by atoms with van der Waals surface area (Å²) in [5.41, 5.74) is 5.75. The molecule has 1 amide bonds. The normalized spacial score (nSPS) is 14.0. The molecule has 1 aromatic carbocycles. The number of hydrogen-bond donors (Lipinski definition) is 3. The molecule has 1 fully saturated rings. The van der Waals surface area contributed by atoms with Crippen molar-refractivity contribution in [1.82, 2.24) is 4.98 Å². The molecule has 0 spiro atoms. The van der Waals surface area contributed by atoms with Crippen LogP contribution in [0.25, 0.3) is 0 Å². The predicted octanol–water partition coefficient (Wildman–Crippen LogP) is 3.34. The Kier molecular flexibility index (Phi) is 3.69. The van der Waals surface area contributed by atoms with Gasteiger partial charge in [0.25, 0.3) is 5.91 Å². The Morgan fingerprint density at radius 3 is 2.95 bits per heavy atom. The molecule has 1 saturated carbocycles. The molecule has 1 aromatic heterocycles. The number of thiazole rings is 1. The molecule has 1 heterocycles. The quantitative estimate of drug-likeness (QED) is 0.805. The minimum Gasteiger partial charge on any atom is -0.382 e. The standard InChI is InChI=1S/C13H12ClFN4OS/c14-7-2-1-3-8(9(7)15)18-12(20)10-11(16)19-13(21-10)17-6-4-5-6/h1-3,6H,4-5,16H2,(H,17,19)(H,18,20). The number of halogens is 2. The van der Waals surface area contributed by atoms with Crippen LogP contribution in [0.4, 0.5) is 21.0 Å². The van der Waals surface area contributed by atoms with E-state index in [0.717, 1.165) is 24.2 Å². The van der Waals surface area contributed by atoms with Gasteiger partial charge in [0.1, 0.15) is 10.7 Å². The van der Waals surface area contributed by atoms with E-state index in [1.54, 1.807) is 6.07 Å². The van der Waals surface area contributed by atoms with Crippen LogP contribution in [0.3, 0.4) is 0 Å². The Labute approximate surface area is 129 Å². The first kappa shape index (κ1) is 14.1. The van der Waals surface area contributed by atoms with Gasteiger partial charge >= 0.3 is 0 Å². The van der Waals surface area contributed by atoms with Gasteiger partial charge in [-0.3, -0.25) is 4.79 Å². The summed E-state index contributed by atoms with van der Waals surface area (Å²) in [6.45, 7) is 0. The zero-order chi connectivity index (χ0) is 15.0. The lowest BCUT2D eigenvalue weighted by Crippen LogP contribution is -2.13. The molecule has 1 aliphatic carbocycles. The Balaban J connectivity index is 1.78. The number of carbonyl (C=O) groups is 1. The lowest BCUT2D eigenvalue weighted by molar-refractivity contribution is 0.103. The summed E-state index contributed by atoms with van der Waals surface area (Å²) in [6, 6.07) is 4.80. The van der Waals surface area contributed by atoms with Crippen LogP contribution in [0.2, 0.25) is 5.02 Å². The number of rotatable bonds is 4. The first-order valence-corrected chi connectivity index (χ1v) is 7.52. The van der Waals surface area contributed by atoms with E-state index in [-0.39, 0.29) is 21.4 Å². The molecule has 21 heavy (non-hydrogen) atoms. The van der Waals surface area contributed by atoms with E-state index in [0.29, 0.717) is 11.2 Å². The SMILES string of the molecule is Nc1nc(NC2CC2)sc1C(=O)Nc1cccc(Cl)c1F. The van der Waals surface area contributed by atoms with E-state index >= 15 is 0 Å². The topological polar surface area (TPSA) is 80.0 Å². The molecular weight excluding hydrogens is 315 g/mol. The van der Waals surface area contributed by atoms with Crippen LogP contribution in [-0.4, -0.2) is 16.9 Å². The number of benzene rings is 1. The summed E-state index contributed by atoms with van der Waals surface area (Å²) in [5.74, 6) is -1.05. The van der Waals surface area contributed by atoms with E-state index in [9.17, 15) is 9.18 Å². The minimum absolute atomic E-state index is 0.0111. The maximum absolute atomic E-state index is 13.8. The molecule has 4 N–H and O–H groups in total. The second-order valence-electron chi connectivity index (χ2n) is 4.71. The molecule has 3 rings (SSSR count). The highest BCUT2D eigenvalue weighted by Crippen LogP contribution is 2.31. The first-order valence-electron chi connectivity index (χ1n) is 6.33. The van der Waals surface area contributed by atoms with Gasteiger partial charge in [-0.1, -0.05) is 29.0 Å². The summed E-state index contributed by atoms with van der Waals surface area (Å²) in [7, 11) is 0. The van der Waals surface area contributed by atoms with Gasteiger partial charge in [-0.05, 0) is 25.0 Å². The number of nitrogens with two attached hydrogens (primary N) is 1. The van der Waals surface area contributed by atoms with Crippen molar-refractivity contribution < 1.29 is 9.18 Å². The van der Waals surface area contributed by atoms with E-state index < -0.39 is 11.7 Å². The van der Waals surface area contributed by atoms with Gasteiger partial charge < -0.3 is 16.4 Å². The fourth-order valence-corrected chi connectivity index (χ4v) is 2.77. The largest absolute Gasteiger partial charge is 0.382 e. The average molecular weight is 327 g/mol. The van der Waals surface area contributed by atoms with Gasteiger partial charge in [0.2, 0.25) is 0 Å². The van der Waals surface area contributed by atoms with Crippen LogP contribution in [0.5, 0.6) is 0 Å². The molecule has 0 bridgehead atoms. The summed E-state index contributed by atoms with van der Waals surface area (Å²) >= 11 is 6.82. The zero-order valence-corrected chi connectivity index (χ0v) is 12.4. The second-order valence-corrected chi connectivity index (χ2v) is 6.11. The van der Waals surface area contributed by atoms with Gasteiger partial charge in [-0.15, -0.1) is 0 Å². The van der Waals surface area contributed by atoms with Crippen molar-refractivity contribution in [3.05, 3.63) is 33.9 Å². The van der Waals surface area contributed by atoms with Crippen molar-refractivity contribution in [2.45, 2.75) is 18.9 Å². The molecule has 1 aliphatic rings. The highest BCUT2D eigenvalue weighted by Gasteiger charge is 2.24. The highest BCUT2D eigenvalue weighted by atomic mass is 35.5. The number of nitrogens with one attached hydrogen (secondary N) is 2. The van der Waals surface area contributed by atoms with Gasteiger partial charge in [0, 0.05) is 6.04 Å². The van der Waals surface area contributed by atoms with Gasteiger partial charge in [0.05, 0.1) is 10.7 Å². The third kappa shape index (κ3) is 3.08. The van der Waals surface area contributed by atoms with E-state index in [2.05, 4.69) is 15.6 Å². The minimum atomic E-state index is -0.674. The molecule has 0 unspecified atom stereocenters. The molecule has 2 aromatic rings. The zero-order valence-electron chi connectivity index (χ0n) is 10.8. The summed E-state index contributed by atoms with van der Waals surface area (Å²) in [4.78, 5) is 16.5. The summed E-state index contributed by atoms with van der Waals surface area (Å²) in [5, 5.41) is 6.17. The molecule has 0 saturated heterocycles. The van der Waals surface area contributed by atoms with Crippen LogP contribution < -0.4 is 16.4 Å². The Hall–Kier alpha value is -1.86. The van der Waals surface area contributed by atoms with E-state index in [1.165, 1.54) is 12.1 Å². The Morgan fingerprint density at radius 1 is 1.48 bits per heavy atom. The monoisotopic (exact) mass is 326 g/mol. The smallest absolute Gasteiger partial charge is 0.269 e. The van der Waals surface area contributed by atoms with Crippen molar-refractivity contribution in [1.29, 1.82) is 0 Å². The highest BCUT2D eigenvalue weighted by molar-refractivity contribution is 7.18. The summed E-state index contributed by atoms with van der Waals surface area (Å²) < 4.78 is 13.8. The van der Waals surface area contributed by atoms with E-state index in [1.807, 2.05) is 0 Å². The molecule has 0 aliphatic heterocycles. The lowest BCUT2D eigenvalue weighted by atomic mass is 10.3. The Morgan fingerprint density at radius 2 is 2.24 bits per heavy atom. The van der Waals surface area contributed by atoms with Gasteiger partial charge in [0.15, 0.2) is 10.9 Å². The number of anilines is 3. The number of aromatic nitrogens is 1. The van der Waals surface area contributed by atoms with Crippen LogP contribution in [0, 0.1) is 5.82 Å². The number of nitrogen functional groups attached to an aromatic ring is 1. The van der Waals surface area contributed by atoms with Gasteiger partial charge in [-0.2, -0.15) is 0 Å². The Bertz CT molecular complexity index is 701. The van der Waals surface area contributed by atoms with Crippen molar-refractivity contribution in [2.24, 2.45) is 0 Å². The van der Waals surface area contributed by atoms with Crippen LogP contribution in [0.15, 0.2) is 18.2 Å². The maximum atomic E-state index is 13.8. The number of nitrogens with zero attached hydrogens (tertiary/aromatic N) is 1. The molecule has 5 nitrogen and oxygen atoms in total. The van der Waals surface area contributed by atoms with Crippen LogP contribution >= 0.6 is 22.9 Å². The number of hydrogen-bond acceptors (Lipinski definition) is 5. The third-order valence-corrected chi connectivity index (χ3v) is 4.26. The lowest BCUT2D eigenvalue weighted by Gasteiger charge is -2.06. The van der Waals surface area contributed by atoms with Crippen molar-refractivity contribution in [2.75, 3.05) is 16.4 Å². The second kappa shape index (κ2) is 5.50.